The van der Waals surface area contributed by atoms with Crippen LogP contribution in [0.25, 0.3) is 11.1 Å². The van der Waals surface area contributed by atoms with Crippen molar-refractivity contribution in [2.45, 2.75) is 52.4 Å². The molecule has 0 radical (unpaired) electrons. The molecular formula is C34H30Br2N2O2S2. The number of benzene rings is 2. The molecule has 42 heavy (non-hydrogen) atoms. The van der Waals surface area contributed by atoms with Crippen molar-refractivity contribution in [2.24, 2.45) is 0 Å². The van der Waals surface area contributed by atoms with E-state index in [-0.39, 0.29) is 22.6 Å². The predicted octanol–water partition coefficient (Wildman–Crippen LogP) is 10.1. The number of carbonyl (C=O) groups is 2. The molecule has 0 aliphatic carbocycles. The van der Waals surface area contributed by atoms with Crippen LogP contribution in [0.5, 0.6) is 0 Å². The van der Waals surface area contributed by atoms with Crippen LogP contribution in [0.15, 0.2) is 91.8 Å². The zero-order valence-corrected chi connectivity index (χ0v) is 29.0. The van der Waals surface area contributed by atoms with Gasteiger partial charge in [0.2, 0.25) is 0 Å². The van der Waals surface area contributed by atoms with Crippen molar-refractivity contribution in [2.75, 3.05) is 9.80 Å². The molecule has 4 heterocycles. The third-order valence-corrected chi connectivity index (χ3v) is 10.9. The van der Waals surface area contributed by atoms with Crippen LogP contribution in [-0.2, 0) is 20.4 Å². The molecule has 0 unspecified atom stereocenters. The van der Waals surface area contributed by atoms with Gasteiger partial charge in [0.25, 0.3) is 11.8 Å². The summed E-state index contributed by atoms with van der Waals surface area (Å²) in [5, 5.41) is 0. The number of rotatable bonds is 4. The lowest BCUT2D eigenvalue weighted by Gasteiger charge is -2.23. The Morgan fingerprint density at radius 2 is 0.857 bits per heavy atom. The van der Waals surface area contributed by atoms with Crippen LogP contribution in [-0.4, -0.2) is 11.8 Å². The molecule has 2 amide bonds. The van der Waals surface area contributed by atoms with Gasteiger partial charge in [-0.3, -0.25) is 19.4 Å². The molecule has 0 spiro atoms. The predicted molar refractivity (Wildman–Crippen MR) is 183 cm³/mol. The lowest BCUT2D eigenvalue weighted by molar-refractivity contribution is -0.112. The molecule has 214 valence electrons. The van der Waals surface area contributed by atoms with Gasteiger partial charge in [0.1, 0.15) is 0 Å². The highest BCUT2D eigenvalue weighted by Crippen LogP contribution is 2.52. The Morgan fingerprint density at radius 1 is 0.524 bits per heavy atom. The van der Waals surface area contributed by atoms with E-state index in [0.717, 1.165) is 28.7 Å². The minimum Gasteiger partial charge on any atom is -0.274 e. The summed E-state index contributed by atoms with van der Waals surface area (Å²) in [6, 6.07) is 24.0. The van der Waals surface area contributed by atoms with Gasteiger partial charge in [-0.1, -0.05) is 65.8 Å². The lowest BCUT2D eigenvalue weighted by Crippen LogP contribution is -2.27. The Kier molecular flexibility index (Phi) is 7.28. The van der Waals surface area contributed by atoms with Crippen LogP contribution < -0.4 is 9.80 Å². The van der Waals surface area contributed by atoms with Crippen molar-refractivity contribution in [1.82, 2.24) is 0 Å². The van der Waals surface area contributed by atoms with Gasteiger partial charge in [-0.25, -0.2) is 0 Å². The van der Waals surface area contributed by atoms with E-state index < -0.39 is 0 Å². The average molecular weight is 723 g/mol. The van der Waals surface area contributed by atoms with Crippen molar-refractivity contribution < 1.29 is 9.59 Å². The van der Waals surface area contributed by atoms with Gasteiger partial charge in [-0.05, 0) is 102 Å². The molecular weight excluding hydrogens is 692 g/mol. The quantitative estimate of drug-likeness (QED) is 0.211. The fourth-order valence-electron chi connectivity index (χ4n) is 5.36. The van der Waals surface area contributed by atoms with E-state index in [9.17, 15) is 9.59 Å². The zero-order valence-electron chi connectivity index (χ0n) is 24.2. The molecule has 0 N–H and O–H groups in total. The maximum Gasteiger partial charge on any atom is 0.266 e. The fourth-order valence-corrected chi connectivity index (χ4v) is 8.20. The summed E-state index contributed by atoms with van der Waals surface area (Å²) < 4.78 is 1.84. The number of amides is 2. The van der Waals surface area contributed by atoms with Crippen LogP contribution in [0.4, 0.5) is 11.4 Å². The molecule has 2 aromatic heterocycles. The number of hydrogen-bond donors (Lipinski definition) is 0. The topological polar surface area (TPSA) is 40.6 Å². The fraction of sp³-hybridized carbons (Fsp3) is 0.235. The van der Waals surface area contributed by atoms with Crippen LogP contribution in [0.1, 0.15) is 62.4 Å². The first-order chi connectivity index (χ1) is 19.8. The normalized spacial score (nSPS) is 15.9. The third-order valence-electron chi connectivity index (χ3n) is 7.60. The molecule has 0 bridgehead atoms. The number of halogens is 2. The maximum atomic E-state index is 14.5. The van der Waals surface area contributed by atoms with E-state index in [1.54, 1.807) is 9.80 Å². The van der Waals surface area contributed by atoms with Crippen LogP contribution in [0.3, 0.4) is 0 Å². The second-order valence-electron chi connectivity index (χ2n) is 12.5. The summed E-state index contributed by atoms with van der Waals surface area (Å²) in [4.78, 5) is 34.2. The van der Waals surface area contributed by atoms with Gasteiger partial charge in [-0.2, -0.15) is 0 Å². The molecule has 6 rings (SSSR count). The van der Waals surface area contributed by atoms with E-state index in [1.165, 1.54) is 33.8 Å². The largest absolute Gasteiger partial charge is 0.274 e. The Balaban J connectivity index is 1.61. The number of nitrogens with zero attached hydrogens (tertiary/aromatic N) is 2. The summed E-state index contributed by atoms with van der Waals surface area (Å²) in [6.45, 7) is 13.0. The molecule has 4 aromatic rings. The number of carbonyl (C=O) groups excluding carboxylic acids is 2. The van der Waals surface area contributed by atoms with Crippen LogP contribution in [0, 0.1) is 0 Å². The first kappa shape index (κ1) is 29.3. The Bertz CT molecular complexity index is 1660. The van der Waals surface area contributed by atoms with Gasteiger partial charge in [0.15, 0.2) is 0 Å². The smallest absolute Gasteiger partial charge is 0.266 e. The second kappa shape index (κ2) is 10.4. The Labute approximate surface area is 271 Å². The third kappa shape index (κ3) is 4.96. The van der Waals surface area contributed by atoms with E-state index in [1.807, 2.05) is 48.5 Å². The second-order valence-corrected chi connectivity index (χ2v) is 17.5. The first-order valence-electron chi connectivity index (χ1n) is 13.7. The lowest BCUT2D eigenvalue weighted by atomic mass is 9.87. The summed E-state index contributed by atoms with van der Waals surface area (Å²) in [5.41, 5.74) is 6.06. The summed E-state index contributed by atoms with van der Waals surface area (Å²) in [5.74, 6) is -0.287. The Hall–Kier alpha value is -2.78. The molecule has 8 heteroatoms. The zero-order chi connectivity index (χ0) is 30.1. The van der Waals surface area contributed by atoms with Gasteiger partial charge < -0.3 is 0 Å². The number of hydrogen-bond acceptors (Lipinski definition) is 4. The number of thiophene rings is 2. The van der Waals surface area contributed by atoms with Crippen LogP contribution >= 0.6 is 54.5 Å². The van der Waals surface area contributed by atoms with E-state index in [2.05, 4.69) is 97.7 Å². The molecule has 2 aliphatic rings. The summed E-state index contributed by atoms with van der Waals surface area (Å²) >= 11 is 10.1. The number of anilines is 2. The van der Waals surface area contributed by atoms with Gasteiger partial charge in [0.05, 0.1) is 30.1 Å². The van der Waals surface area contributed by atoms with Crippen molar-refractivity contribution in [1.29, 1.82) is 0 Å². The van der Waals surface area contributed by atoms with Crippen LogP contribution in [0.2, 0.25) is 0 Å². The highest BCUT2D eigenvalue weighted by atomic mass is 79.9. The van der Waals surface area contributed by atoms with E-state index >= 15 is 0 Å². The van der Waals surface area contributed by atoms with Gasteiger partial charge in [0, 0.05) is 21.1 Å². The van der Waals surface area contributed by atoms with Crippen molar-refractivity contribution in [3.63, 3.8) is 0 Å². The molecule has 0 saturated carbocycles. The van der Waals surface area contributed by atoms with Crippen molar-refractivity contribution in [3.8, 4) is 0 Å². The van der Waals surface area contributed by atoms with Gasteiger partial charge >= 0.3 is 0 Å². The molecule has 0 saturated heterocycles. The maximum absolute atomic E-state index is 14.5. The molecule has 2 aliphatic heterocycles. The summed E-state index contributed by atoms with van der Waals surface area (Å²) in [7, 11) is 0. The van der Waals surface area contributed by atoms with Crippen molar-refractivity contribution >= 4 is 88.9 Å². The Morgan fingerprint density at radius 3 is 1.12 bits per heavy atom. The highest BCUT2D eigenvalue weighted by molar-refractivity contribution is 9.11. The number of fused-ring (bicyclic) bond motifs is 1. The van der Waals surface area contributed by atoms with E-state index in [0.29, 0.717) is 22.5 Å². The molecule has 0 fully saturated rings. The molecule has 2 aromatic carbocycles. The van der Waals surface area contributed by atoms with E-state index in [4.69, 9.17) is 0 Å². The molecule has 4 nitrogen and oxygen atoms in total. The SMILES string of the molecule is CC(C)(C)c1ccc(N2C(=O)C(c3ccc(Br)s3)=C3C2=C(c2ccc(Br)s2)C(=O)N3c2ccc(C(C)(C)C)cc2)cc1. The highest BCUT2D eigenvalue weighted by Gasteiger charge is 2.50. The standard InChI is InChI=1S/C34H30Br2N2O2S2/c1-33(2,3)19-7-11-21(12-8-19)37-29-27(23-15-17-25(35)41-23)32(40)38(22-13-9-20(10-14-22)34(4,5)6)30(29)28(31(37)39)24-16-18-26(36)42-24/h7-18H,1-6H3. The monoisotopic (exact) mass is 720 g/mol. The first-order valence-corrected chi connectivity index (χ1v) is 16.9. The van der Waals surface area contributed by atoms with Crippen molar-refractivity contribution in [3.05, 3.63) is 113 Å². The molecule has 0 atom stereocenters. The minimum absolute atomic E-state index is 0.0294. The minimum atomic E-state index is -0.144. The average Bonchev–Trinajstić information content (AvgIpc) is 3.66. The summed E-state index contributed by atoms with van der Waals surface area (Å²) in [6.07, 6.45) is 0. The van der Waals surface area contributed by atoms with Gasteiger partial charge in [-0.15, -0.1) is 22.7 Å².